The summed E-state index contributed by atoms with van der Waals surface area (Å²) in [6.07, 6.45) is 1.00. The van der Waals surface area contributed by atoms with Crippen LogP contribution in [0.15, 0.2) is 46.9 Å². The second-order valence-corrected chi connectivity index (χ2v) is 6.03. The summed E-state index contributed by atoms with van der Waals surface area (Å²) in [5, 5.41) is 5.38. The van der Waals surface area contributed by atoms with Gasteiger partial charge in [-0.25, -0.2) is 0 Å². The number of halogens is 1. The third-order valence-electron chi connectivity index (χ3n) is 3.51. The summed E-state index contributed by atoms with van der Waals surface area (Å²) in [7, 11) is 3.19. The molecule has 2 rings (SSSR count). The second kappa shape index (κ2) is 8.49. The van der Waals surface area contributed by atoms with Gasteiger partial charge in [-0.2, -0.15) is 0 Å². The van der Waals surface area contributed by atoms with Crippen LogP contribution in [-0.4, -0.2) is 26.0 Å². The van der Waals surface area contributed by atoms with Crippen LogP contribution >= 0.6 is 15.9 Å². The molecule has 0 aromatic heterocycles. The predicted octanol–water partition coefficient (Wildman–Crippen LogP) is 3.39. The Hall–Kier alpha value is -2.34. The van der Waals surface area contributed by atoms with Crippen LogP contribution in [0.1, 0.15) is 22.3 Å². The Bertz CT molecular complexity index is 730. The number of carbonyl (C=O) groups excluding carboxylic acids is 2. The Kier molecular flexibility index (Phi) is 6.37. The molecule has 0 aliphatic heterocycles. The molecule has 0 radical (unpaired) electrons. The zero-order valence-electron chi connectivity index (χ0n) is 13.6. The Morgan fingerprint density at radius 1 is 1.12 bits per heavy atom. The first-order valence-corrected chi connectivity index (χ1v) is 8.27. The first-order valence-electron chi connectivity index (χ1n) is 7.48. The highest BCUT2D eigenvalue weighted by Gasteiger charge is 2.07. The first-order chi connectivity index (χ1) is 11.5. The zero-order valence-corrected chi connectivity index (χ0v) is 15.1. The van der Waals surface area contributed by atoms with E-state index in [1.807, 2.05) is 18.2 Å². The maximum Gasteiger partial charge on any atom is 0.251 e. The molecular formula is C18H19BrN2O3. The minimum absolute atomic E-state index is 0.0744. The molecule has 0 fully saturated rings. The first kappa shape index (κ1) is 18.0. The van der Waals surface area contributed by atoms with E-state index in [0.717, 1.165) is 15.8 Å². The Labute approximate surface area is 149 Å². The van der Waals surface area contributed by atoms with Gasteiger partial charge >= 0.3 is 0 Å². The lowest BCUT2D eigenvalue weighted by Crippen LogP contribution is -2.18. The molecule has 2 amide bonds. The van der Waals surface area contributed by atoms with Crippen molar-refractivity contribution in [3.05, 3.63) is 58.1 Å². The third kappa shape index (κ3) is 4.83. The lowest BCUT2D eigenvalue weighted by atomic mass is 10.1. The Morgan fingerprint density at radius 2 is 1.83 bits per heavy atom. The number of methoxy groups -OCH3 is 1. The molecule has 0 aliphatic rings. The summed E-state index contributed by atoms with van der Waals surface area (Å²) in [6, 6.07) is 12.5. The molecule has 126 valence electrons. The number of nitrogens with one attached hydrogen (secondary N) is 2. The molecular weight excluding hydrogens is 372 g/mol. The van der Waals surface area contributed by atoms with Crippen molar-refractivity contribution < 1.29 is 14.3 Å². The fraction of sp³-hybridized carbons (Fsp3) is 0.222. The fourth-order valence-electron chi connectivity index (χ4n) is 2.20. The van der Waals surface area contributed by atoms with E-state index in [1.54, 1.807) is 38.4 Å². The summed E-state index contributed by atoms with van der Waals surface area (Å²) in [5.74, 6) is 0.534. The third-order valence-corrected chi connectivity index (χ3v) is 4.13. The molecule has 0 bridgehead atoms. The number of hydrogen-bond donors (Lipinski definition) is 2. The van der Waals surface area contributed by atoms with Crippen molar-refractivity contribution in [2.45, 2.75) is 12.8 Å². The van der Waals surface area contributed by atoms with E-state index >= 15 is 0 Å². The molecule has 0 heterocycles. The van der Waals surface area contributed by atoms with Gasteiger partial charge in [-0.1, -0.05) is 6.07 Å². The van der Waals surface area contributed by atoms with Crippen LogP contribution in [0.25, 0.3) is 0 Å². The van der Waals surface area contributed by atoms with Crippen molar-refractivity contribution in [2.24, 2.45) is 0 Å². The molecule has 0 unspecified atom stereocenters. The Balaban J connectivity index is 1.89. The highest BCUT2D eigenvalue weighted by molar-refractivity contribution is 9.10. The SMILES string of the molecule is CNC(=O)c1ccc(NC(=O)CCc2ccc(OC)c(Br)c2)cc1. The van der Waals surface area contributed by atoms with Crippen LogP contribution in [-0.2, 0) is 11.2 Å². The summed E-state index contributed by atoms with van der Waals surface area (Å²) < 4.78 is 6.05. The molecule has 2 N–H and O–H groups in total. The molecule has 0 saturated heterocycles. The van der Waals surface area contributed by atoms with E-state index in [-0.39, 0.29) is 11.8 Å². The van der Waals surface area contributed by atoms with E-state index in [0.29, 0.717) is 24.1 Å². The maximum atomic E-state index is 12.0. The van der Waals surface area contributed by atoms with Crippen molar-refractivity contribution in [1.29, 1.82) is 0 Å². The van der Waals surface area contributed by atoms with Crippen molar-refractivity contribution in [3.8, 4) is 5.75 Å². The molecule has 0 saturated carbocycles. The lowest BCUT2D eigenvalue weighted by Gasteiger charge is -2.08. The Morgan fingerprint density at radius 3 is 2.42 bits per heavy atom. The van der Waals surface area contributed by atoms with Gasteiger partial charge in [-0.05, 0) is 64.3 Å². The number of hydrogen-bond acceptors (Lipinski definition) is 3. The average Bonchev–Trinajstić information content (AvgIpc) is 2.60. The van der Waals surface area contributed by atoms with E-state index in [2.05, 4.69) is 26.6 Å². The summed E-state index contributed by atoms with van der Waals surface area (Å²) in [5.41, 5.74) is 2.27. The summed E-state index contributed by atoms with van der Waals surface area (Å²) >= 11 is 3.43. The predicted molar refractivity (Wildman–Crippen MR) is 97.5 cm³/mol. The van der Waals surface area contributed by atoms with Gasteiger partial charge in [0.25, 0.3) is 5.91 Å². The van der Waals surface area contributed by atoms with Crippen molar-refractivity contribution >= 4 is 33.4 Å². The number of anilines is 1. The zero-order chi connectivity index (χ0) is 17.5. The van der Waals surface area contributed by atoms with Crippen molar-refractivity contribution in [2.75, 3.05) is 19.5 Å². The van der Waals surface area contributed by atoms with Gasteiger partial charge in [-0.3, -0.25) is 9.59 Å². The molecule has 24 heavy (non-hydrogen) atoms. The van der Waals surface area contributed by atoms with Gasteiger partial charge in [-0.15, -0.1) is 0 Å². The number of benzene rings is 2. The summed E-state index contributed by atoms with van der Waals surface area (Å²) in [6.45, 7) is 0. The molecule has 2 aromatic carbocycles. The number of aryl methyl sites for hydroxylation is 1. The van der Waals surface area contributed by atoms with Gasteiger partial charge in [0.15, 0.2) is 0 Å². The van der Waals surface area contributed by atoms with Crippen LogP contribution in [0.3, 0.4) is 0 Å². The second-order valence-electron chi connectivity index (χ2n) is 5.17. The highest BCUT2D eigenvalue weighted by atomic mass is 79.9. The molecule has 6 heteroatoms. The van der Waals surface area contributed by atoms with E-state index in [4.69, 9.17) is 4.74 Å². The van der Waals surface area contributed by atoms with Gasteiger partial charge < -0.3 is 15.4 Å². The fourth-order valence-corrected chi connectivity index (χ4v) is 2.78. The average molecular weight is 391 g/mol. The van der Waals surface area contributed by atoms with Gasteiger partial charge in [0.2, 0.25) is 5.91 Å². The molecule has 2 aromatic rings. The quantitative estimate of drug-likeness (QED) is 0.794. The van der Waals surface area contributed by atoms with Gasteiger partial charge in [0.05, 0.1) is 11.6 Å². The number of carbonyl (C=O) groups is 2. The largest absolute Gasteiger partial charge is 0.496 e. The van der Waals surface area contributed by atoms with E-state index < -0.39 is 0 Å². The molecule has 5 nitrogen and oxygen atoms in total. The monoisotopic (exact) mass is 390 g/mol. The molecule has 0 aliphatic carbocycles. The van der Waals surface area contributed by atoms with Crippen molar-refractivity contribution in [1.82, 2.24) is 5.32 Å². The number of ether oxygens (including phenoxy) is 1. The van der Waals surface area contributed by atoms with Crippen molar-refractivity contribution in [3.63, 3.8) is 0 Å². The minimum Gasteiger partial charge on any atom is -0.496 e. The van der Waals surface area contributed by atoms with Gasteiger partial charge in [0.1, 0.15) is 5.75 Å². The smallest absolute Gasteiger partial charge is 0.251 e. The summed E-state index contributed by atoms with van der Waals surface area (Å²) in [4.78, 5) is 23.5. The van der Waals surface area contributed by atoms with Crippen LogP contribution < -0.4 is 15.4 Å². The maximum absolute atomic E-state index is 12.0. The van der Waals surface area contributed by atoms with Crippen LogP contribution in [0, 0.1) is 0 Å². The van der Waals surface area contributed by atoms with E-state index in [1.165, 1.54) is 0 Å². The number of rotatable bonds is 6. The minimum atomic E-state index is -0.155. The van der Waals surface area contributed by atoms with Gasteiger partial charge in [0, 0.05) is 24.7 Å². The van der Waals surface area contributed by atoms with E-state index in [9.17, 15) is 9.59 Å². The normalized spacial score (nSPS) is 10.1. The topological polar surface area (TPSA) is 67.4 Å². The van der Waals surface area contributed by atoms with Crippen LogP contribution in [0.4, 0.5) is 5.69 Å². The standard InChI is InChI=1S/C18H19BrN2O3/c1-20-18(23)13-5-7-14(8-6-13)21-17(22)10-4-12-3-9-16(24-2)15(19)11-12/h3,5-9,11H,4,10H2,1-2H3,(H,20,23)(H,21,22). The lowest BCUT2D eigenvalue weighted by molar-refractivity contribution is -0.116. The van der Waals surface area contributed by atoms with Crippen LogP contribution in [0.5, 0.6) is 5.75 Å². The van der Waals surface area contributed by atoms with Crippen LogP contribution in [0.2, 0.25) is 0 Å². The highest BCUT2D eigenvalue weighted by Crippen LogP contribution is 2.26. The molecule has 0 spiro atoms. The number of amides is 2. The molecule has 0 atom stereocenters.